The van der Waals surface area contributed by atoms with E-state index < -0.39 is 15.8 Å². The first-order valence-corrected chi connectivity index (χ1v) is 9.55. The fourth-order valence-electron chi connectivity index (χ4n) is 2.32. The van der Waals surface area contributed by atoms with Gasteiger partial charge in [0.15, 0.2) is 0 Å². The quantitative estimate of drug-likeness (QED) is 0.640. The average Bonchev–Trinajstić information content (AvgIpc) is 2.91. The second-order valence-corrected chi connectivity index (χ2v) is 7.75. The molecule has 130 valence electrons. The molecule has 0 saturated carbocycles. The van der Waals surface area contributed by atoms with Crippen molar-refractivity contribution in [2.75, 3.05) is 7.11 Å². The second kappa shape index (κ2) is 6.81. The summed E-state index contributed by atoms with van der Waals surface area (Å²) < 4.78 is 49.8. The van der Waals surface area contributed by atoms with Gasteiger partial charge in [0.1, 0.15) is 11.6 Å². The van der Waals surface area contributed by atoms with Crippen LogP contribution in [-0.4, -0.2) is 20.1 Å². The van der Waals surface area contributed by atoms with Crippen LogP contribution in [0.25, 0.3) is 10.2 Å². The third-order valence-corrected chi connectivity index (χ3v) is 5.95. The number of rotatable bonds is 5. The molecule has 0 bridgehead atoms. The third kappa shape index (κ3) is 3.49. The number of thiazole rings is 1. The summed E-state index contributed by atoms with van der Waals surface area (Å²) in [4.78, 5) is 0.251. The molecule has 0 unspecified atom stereocenters. The van der Waals surface area contributed by atoms with Crippen LogP contribution in [0.4, 0.5) is 4.39 Å². The minimum atomic E-state index is -3.95. The minimum absolute atomic E-state index is 0.0610. The summed E-state index contributed by atoms with van der Waals surface area (Å²) in [7, 11) is -2.39. The maximum Gasteiger partial charge on any atom is 0.285 e. The van der Waals surface area contributed by atoms with Crippen molar-refractivity contribution in [3.05, 3.63) is 65.7 Å². The summed E-state index contributed by atoms with van der Waals surface area (Å²) in [6.45, 7) is 4.11. The molecule has 0 aliphatic carbocycles. The Kier molecular flexibility index (Phi) is 4.73. The molecular weight excluding hydrogens is 363 g/mol. The molecule has 1 heterocycles. The lowest BCUT2D eigenvalue weighted by atomic mass is 10.3. The van der Waals surface area contributed by atoms with Gasteiger partial charge in [0, 0.05) is 6.54 Å². The second-order valence-electron chi connectivity index (χ2n) is 5.14. The van der Waals surface area contributed by atoms with E-state index in [2.05, 4.69) is 11.0 Å². The van der Waals surface area contributed by atoms with Crippen LogP contribution in [0.15, 0.2) is 64.4 Å². The van der Waals surface area contributed by atoms with E-state index in [4.69, 9.17) is 4.74 Å². The Morgan fingerprint density at radius 3 is 2.64 bits per heavy atom. The Morgan fingerprint density at radius 1 is 1.28 bits per heavy atom. The smallest absolute Gasteiger partial charge is 0.285 e. The van der Waals surface area contributed by atoms with Crippen molar-refractivity contribution in [2.45, 2.75) is 11.4 Å². The highest BCUT2D eigenvalue weighted by Gasteiger charge is 2.15. The molecule has 5 nitrogen and oxygen atoms in total. The number of sulfonamides is 1. The molecule has 25 heavy (non-hydrogen) atoms. The molecule has 0 radical (unpaired) electrons. The van der Waals surface area contributed by atoms with Crippen LogP contribution in [0.5, 0.6) is 5.75 Å². The maximum atomic E-state index is 13.0. The van der Waals surface area contributed by atoms with Crippen LogP contribution in [-0.2, 0) is 16.6 Å². The van der Waals surface area contributed by atoms with Gasteiger partial charge in [0.25, 0.3) is 10.0 Å². The number of ether oxygens (including phenoxy) is 1. The highest BCUT2D eigenvalue weighted by atomic mass is 32.2. The summed E-state index contributed by atoms with van der Waals surface area (Å²) in [6.07, 6.45) is 1.67. The highest BCUT2D eigenvalue weighted by Crippen LogP contribution is 2.23. The van der Waals surface area contributed by atoms with Crippen LogP contribution in [0.3, 0.4) is 0 Å². The monoisotopic (exact) mass is 378 g/mol. The molecule has 1 aromatic heterocycles. The minimum Gasteiger partial charge on any atom is -0.497 e. The van der Waals surface area contributed by atoms with Gasteiger partial charge in [-0.25, -0.2) is 4.39 Å². The summed E-state index contributed by atoms with van der Waals surface area (Å²) in [5.41, 5.74) is 0.832. The van der Waals surface area contributed by atoms with E-state index in [1.54, 1.807) is 23.8 Å². The lowest BCUT2D eigenvalue weighted by Gasteiger charge is -2.03. The summed E-state index contributed by atoms with van der Waals surface area (Å²) >= 11 is 1.23. The number of nitrogens with zero attached hydrogens (tertiary/aromatic N) is 2. The zero-order valence-electron chi connectivity index (χ0n) is 13.3. The van der Waals surface area contributed by atoms with Crippen molar-refractivity contribution in [1.29, 1.82) is 0 Å². The van der Waals surface area contributed by atoms with Crippen LogP contribution < -0.4 is 9.54 Å². The molecule has 0 aliphatic heterocycles. The van der Waals surface area contributed by atoms with Crippen LogP contribution in [0, 0.1) is 5.82 Å². The van der Waals surface area contributed by atoms with Crippen molar-refractivity contribution in [2.24, 2.45) is 4.40 Å². The number of methoxy groups -OCH3 is 1. The molecule has 2 aromatic carbocycles. The first-order valence-electron chi connectivity index (χ1n) is 7.29. The predicted molar refractivity (Wildman–Crippen MR) is 95.7 cm³/mol. The molecule has 0 N–H and O–H groups in total. The van der Waals surface area contributed by atoms with E-state index in [9.17, 15) is 12.8 Å². The molecule has 0 spiro atoms. The normalized spacial score (nSPS) is 12.5. The highest BCUT2D eigenvalue weighted by molar-refractivity contribution is 7.90. The molecule has 3 aromatic rings. The van der Waals surface area contributed by atoms with Gasteiger partial charge in [0.2, 0.25) is 4.80 Å². The van der Waals surface area contributed by atoms with Gasteiger partial charge in [0.05, 0.1) is 22.2 Å². The molecule has 0 amide bonds. The molecule has 0 fully saturated rings. The first kappa shape index (κ1) is 17.4. The molecular formula is C17H15FN2O3S2. The van der Waals surface area contributed by atoms with E-state index in [0.29, 0.717) is 17.1 Å². The number of hydrogen-bond acceptors (Lipinski definition) is 4. The molecule has 0 aliphatic rings. The molecule has 0 saturated heterocycles. The van der Waals surface area contributed by atoms with Gasteiger partial charge in [-0.1, -0.05) is 17.4 Å². The van der Waals surface area contributed by atoms with E-state index in [-0.39, 0.29) is 4.90 Å². The number of halogens is 1. The number of hydrogen-bond donors (Lipinski definition) is 0. The van der Waals surface area contributed by atoms with E-state index in [1.807, 2.05) is 12.1 Å². The fraction of sp³-hybridized carbons (Fsp3) is 0.118. The van der Waals surface area contributed by atoms with E-state index in [0.717, 1.165) is 22.3 Å². The Bertz CT molecular complexity index is 1100. The van der Waals surface area contributed by atoms with Gasteiger partial charge in [-0.3, -0.25) is 0 Å². The van der Waals surface area contributed by atoms with E-state index in [1.165, 1.54) is 23.5 Å². The Morgan fingerprint density at radius 2 is 2.00 bits per heavy atom. The summed E-state index contributed by atoms with van der Waals surface area (Å²) in [5, 5.41) is 0. The van der Waals surface area contributed by atoms with Gasteiger partial charge in [-0.05, 0) is 42.5 Å². The standard InChI is InChI=1S/C17H15FN2O3S2/c1-3-10-20-15-9-6-13(23-2)11-16(15)24-17(20)19-25(21,22)14-7-4-12(18)5-8-14/h3-9,11H,1,10H2,2H3. The molecule has 0 atom stereocenters. The summed E-state index contributed by atoms with van der Waals surface area (Å²) in [6, 6.07) is 10.0. The third-order valence-electron chi connectivity index (χ3n) is 3.51. The Balaban J connectivity index is 2.22. The lowest BCUT2D eigenvalue weighted by Crippen LogP contribution is -2.16. The van der Waals surface area contributed by atoms with Crippen LogP contribution >= 0.6 is 11.3 Å². The van der Waals surface area contributed by atoms with Gasteiger partial charge in [-0.2, -0.15) is 8.42 Å². The van der Waals surface area contributed by atoms with Gasteiger partial charge in [-0.15, -0.1) is 11.0 Å². The molecule has 3 rings (SSSR count). The number of fused-ring (bicyclic) bond motifs is 1. The van der Waals surface area contributed by atoms with Crippen molar-refractivity contribution in [3.8, 4) is 5.75 Å². The first-order chi connectivity index (χ1) is 11.9. The van der Waals surface area contributed by atoms with Crippen LogP contribution in [0.1, 0.15) is 0 Å². The number of aromatic nitrogens is 1. The van der Waals surface area contributed by atoms with Crippen molar-refractivity contribution >= 4 is 31.6 Å². The Hall–Kier alpha value is -2.45. The SMILES string of the molecule is C=CCn1c(=NS(=O)(=O)c2ccc(F)cc2)sc2cc(OC)ccc21. The Labute approximate surface area is 148 Å². The summed E-state index contributed by atoms with van der Waals surface area (Å²) in [5.74, 6) is 0.169. The van der Waals surface area contributed by atoms with Gasteiger partial charge >= 0.3 is 0 Å². The predicted octanol–water partition coefficient (Wildman–Crippen LogP) is 3.33. The maximum absolute atomic E-state index is 13.0. The topological polar surface area (TPSA) is 60.7 Å². The zero-order chi connectivity index (χ0) is 18.0. The number of allylic oxidation sites excluding steroid dienone is 1. The van der Waals surface area contributed by atoms with Crippen LogP contribution in [0.2, 0.25) is 0 Å². The average molecular weight is 378 g/mol. The van der Waals surface area contributed by atoms with E-state index >= 15 is 0 Å². The number of benzene rings is 2. The molecule has 8 heteroatoms. The van der Waals surface area contributed by atoms with Gasteiger partial charge < -0.3 is 9.30 Å². The van der Waals surface area contributed by atoms with Crippen molar-refractivity contribution < 1.29 is 17.5 Å². The fourth-order valence-corrected chi connectivity index (χ4v) is 4.59. The lowest BCUT2D eigenvalue weighted by molar-refractivity contribution is 0.415. The van der Waals surface area contributed by atoms with Crippen molar-refractivity contribution in [1.82, 2.24) is 4.57 Å². The van der Waals surface area contributed by atoms with Crippen molar-refractivity contribution in [3.63, 3.8) is 0 Å². The zero-order valence-corrected chi connectivity index (χ0v) is 15.0. The largest absolute Gasteiger partial charge is 0.497 e.